The van der Waals surface area contributed by atoms with Gasteiger partial charge in [0.15, 0.2) is 0 Å². The Labute approximate surface area is 129 Å². The van der Waals surface area contributed by atoms with E-state index in [2.05, 4.69) is 37.3 Å². The van der Waals surface area contributed by atoms with Crippen molar-refractivity contribution < 1.29 is 9.53 Å². The van der Waals surface area contributed by atoms with E-state index in [0.29, 0.717) is 6.61 Å². The van der Waals surface area contributed by atoms with Crippen LogP contribution in [0.5, 0.6) is 0 Å². The zero-order chi connectivity index (χ0) is 15.1. The van der Waals surface area contributed by atoms with Crippen LogP contribution in [0.1, 0.15) is 45.1 Å². The van der Waals surface area contributed by atoms with Crippen LogP contribution in [0, 0.1) is 0 Å². The van der Waals surface area contributed by atoms with Crippen molar-refractivity contribution in [2.24, 2.45) is 0 Å². The summed E-state index contributed by atoms with van der Waals surface area (Å²) in [5, 5.41) is 0. The van der Waals surface area contributed by atoms with E-state index in [4.69, 9.17) is 4.74 Å². The number of carbonyl (C=O) groups excluding carboxylic acids is 1. The van der Waals surface area contributed by atoms with E-state index in [1.807, 2.05) is 6.92 Å². The van der Waals surface area contributed by atoms with Gasteiger partial charge in [-0.1, -0.05) is 0 Å². The molecule has 118 valence electrons. The second-order valence-electron chi connectivity index (χ2n) is 6.30. The number of rotatable bonds is 6. The molecule has 0 saturated carbocycles. The minimum atomic E-state index is -1.63. The van der Waals surface area contributed by atoms with Crippen molar-refractivity contribution in [3.8, 4) is 0 Å². The Morgan fingerprint density at radius 2 is 1.81 bits per heavy atom. The van der Waals surface area contributed by atoms with Crippen molar-refractivity contribution in [2.75, 3.05) is 18.9 Å². The molecule has 1 fully saturated rings. The molecule has 0 N–H and O–H groups in total. The van der Waals surface area contributed by atoms with Crippen LogP contribution in [-0.2, 0) is 15.7 Å². The molecule has 1 heterocycles. The van der Waals surface area contributed by atoms with E-state index in [0.717, 1.165) is 12.6 Å². The zero-order valence-electron chi connectivity index (χ0n) is 13.4. The maximum absolute atomic E-state index is 12.5. The van der Waals surface area contributed by atoms with E-state index in [1.165, 1.54) is 37.1 Å². The van der Waals surface area contributed by atoms with Gasteiger partial charge in [-0.25, -0.2) is 0 Å². The first kappa shape index (κ1) is 16.5. The fourth-order valence-corrected chi connectivity index (χ4v) is 9.95. The number of carbonyl (C=O) groups is 1. The summed E-state index contributed by atoms with van der Waals surface area (Å²) in [6, 6.07) is 10.8. The van der Waals surface area contributed by atoms with Crippen LogP contribution >= 0.6 is 7.26 Å². The second-order valence-corrected chi connectivity index (χ2v) is 11.1. The molecule has 3 heteroatoms. The predicted molar refractivity (Wildman–Crippen MR) is 92.8 cm³/mol. The van der Waals surface area contributed by atoms with Crippen molar-refractivity contribution in [3.05, 3.63) is 35.9 Å². The molecule has 21 heavy (non-hydrogen) atoms. The number of hydrogen-bond acceptors (Lipinski definition) is 2. The van der Waals surface area contributed by atoms with E-state index in [1.54, 1.807) is 0 Å². The molecular formula is C18H29O2P. The maximum atomic E-state index is 12.5. The zero-order valence-corrected chi connectivity index (χ0v) is 14.4. The normalized spacial score (nSPS) is 20.5. The van der Waals surface area contributed by atoms with Crippen molar-refractivity contribution in [1.29, 1.82) is 0 Å². The van der Waals surface area contributed by atoms with Gasteiger partial charge in [-0.3, -0.25) is 0 Å². The van der Waals surface area contributed by atoms with Gasteiger partial charge in [-0.05, 0) is 0 Å². The summed E-state index contributed by atoms with van der Waals surface area (Å²) >= 11 is 0. The average molecular weight is 308 g/mol. The molecule has 0 bridgehead atoms. The average Bonchev–Trinajstić information content (AvgIpc) is 2.50. The van der Waals surface area contributed by atoms with Crippen LogP contribution in [0.3, 0.4) is 0 Å². The monoisotopic (exact) mass is 308 g/mol. The topological polar surface area (TPSA) is 26.3 Å². The van der Waals surface area contributed by atoms with E-state index in [-0.39, 0.29) is 11.6 Å². The first-order chi connectivity index (χ1) is 10.2. The van der Waals surface area contributed by atoms with E-state index in [9.17, 15) is 4.79 Å². The van der Waals surface area contributed by atoms with Gasteiger partial charge in [0.1, 0.15) is 0 Å². The Kier molecular flexibility index (Phi) is 6.23. The Bertz CT molecular complexity index is 438. The molecule has 2 rings (SSSR count). The van der Waals surface area contributed by atoms with E-state index >= 15 is 0 Å². The van der Waals surface area contributed by atoms with Crippen molar-refractivity contribution in [2.45, 2.75) is 51.4 Å². The minimum absolute atomic E-state index is 0.0736. The first-order valence-corrected chi connectivity index (χ1v) is 11.1. The van der Waals surface area contributed by atoms with Crippen LogP contribution in [-0.4, -0.2) is 30.6 Å². The molecule has 1 aliphatic heterocycles. The summed E-state index contributed by atoms with van der Waals surface area (Å²) in [5.74, 6) is 0.0736. The number of hydrogen-bond donors (Lipinski definition) is 0. The molecule has 2 nitrogen and oxygen atoms in total. The quantitative estimate of drug-likeness (QED) is 0.573. The summed E-state index contributed by atoms with van der Waals surface area (Å²) in [4.78, 5) is 12.5. The molecule has 1 aromatic rings. The van der Waals surface area contributed by atoms with Gasteiger partial charge in [0.25, 0.3) is 0 Å². The SMILES string of the molecule is CCOC(=O)C(CC)[PH]1(Cc2ccccc2)CCCCC1. The molecule has 0 radical (unpaired) electrons. The number of benzene rings is 1. The van der Waals surface area contributed by atoms with Gasteiger partial charge < -0.3 is 0 Å². The summed E-state index contributed by atoms with van der Waals surface area (Å²) < 4.78 is 5.41. The Balaban J connectivity index is 2.24. The molecule has 1 atom stereocenters. The predicted octanol–water partition coefficient (Wildman–Crippen LogP) is 4.46. The van der Waals surface area contributed by atoms with Crippen molar-refractivity contribution >= 4 is 13.2 Å². The van der Waals surface area contributed by atoms with Gasteiger partial charge in [-0.15, -0.1) is 0 Å². The molecular weight excluding hydrogens is 279 g/mol. The number of ether oxygens (including phenoxy) is 1. The van der Waals surface area contributed by atoms with Gasteiger partial charge in [0.2, 0.25) is 0 Å². The third kappa shape index (κ3) is 4.07. The van der Waals surface area contributed by atoms with Gasteiger partial charge in [0.05, 0.1) is 0 Å². The molecule has 0 aliphatic carbocycles. The summed E-state index contributed by atoms with van der Waals surface area (Å²) in [7, 11) is -1.63. The Morgan fingerprint density at radius 3 is 2.38 bits per heavy atom. The molecule has 1 saturated heterocycles. The molecule has 0 amide bonds. The number of esters is 1. The van der Waals surface area contributed by atoms with Crippen LogP contribution in [0.2, 0.25) is 0 Å². The van der Waals surface area contributed by atoms with Crippen LogP contribution in [0.25, 0.3) is 0 Å². The fourth-order valence-electron chi connectivity index (χ4n) is 4.00. The summed E-state index contributed by atoms with van der Waals surface area (Å²) in [6.07, 6.45) is 8.61. The van der Waals surface area contributed by atoms with Gasteiger partial charge >= 0.3 is 129 Å². The van der Waals surface area contributed by atoms with Crippen molar-refractivity contribution in [1.82, 2.24) is 0 Å². The Morgan fingerprint density at radius 1 is 1.14 bits per heavy atom. The third-order valence-electron chi connectivity index (χ3n) is 4.97. The summed E-state index contributed by atoms with van der Waals surface area (Å²) in [5.41, 5.74) is 1.59. The van der Waals surface area contributed by atoms with Crippen LogP contribution < -0.4 is 0 Å². The standard InChI is InChI=1S/C18H29O2P/c1-3-17(18(19)20-4-2)21(13-9-6-10-14-21)15-16-11-7-5-8-12-16/h5,7-8,11-12,17,21H,3-4,6,9-10,13-15H2,1-2H3. The molecule has 0 aromatic heterocycles. The molecule has 1 aromatic carbocycles. The first-order valence-electron chi connectivity index (χ1n) is 8.42. The molecule has 1 aliphatic rings. The fraction of sp³-hybridized carbons (Fsp3) is 0.611. The summed E-state index contributed by atoms with van der Waals surface area (Å²) in [6.45, 7) is 4.58. The van der Waals surface area contributed by atoms with Gasteiger partial charge in [0, 0.05) is 0 Å². The Hall–Kier alpha value is -0.880. The van der Waals surface area contributed by atoms with Crippen LogP contribution in [0.15, 0.2) is 30.3 Å². The third-order valence-corrected chi connectivity index (χ3v) is 10.9. The van der Waals surface area contributed by atoms with Gasteiger partial charge in [-0.2, -0.15) is 0 Å². The second kappa shape index (κ2) is 7.94. The van der Waals surface area contributed by atoms with Crippen LogP contribution in [0.4, 0.5) is 0 Å². The van der Waals surface area contributed by atoms with E-state index < -0.39 is 7.26 Å². The molecule has 1 unspecified atom stereocenters. The van der Waals surface area contributed by atoms with Crippen molar-refractivity contribution in [3.63, 3.8) is 0 Å². The molecule has 0 spiro atoms.